The van der Waals surface area contributed by atoms with Crippen molar-refractivity contribution in [3.8, 4) is 11.1 Å². The maximum Gasteiger partial charge on any atom is 0.133 e. The van der Waals surface area contributed by atoms with Crippen molar-refractivity contribution < 1.29 is 8.78 Å². The second-order valence-electron chi connectivity index (χ2n) is 3.71. The molecule has 2 N–H and O–H groups in total. The molecule has 0 aromatic heterocycles. The Morgan fingerprint density at radius 1 is 1.00 bits per heavy atom. The van der Waals surface area contributed by atoms with E-state index in [0.717, 1.165) is 6.07 Å². The summed E-state index contributed by atoms with van der Waals surface area (Å²) in [7, 11) is 0. The van der Waals surface area contributed by atoms with Crippen molar-refractivity contribution in [2.24, 2.45) is 0 Å². The molecule has 2 aromatic rings. The van der Waals surface area contributed by atoms with Gasteiger partial charge in [0.15, 0.2) is 0 Å². The third kappa shape index (κ3) is 1.89. The van der Waals surface area contributed by atoms with Crippen LogP contribution in [0.4, 0.5) is 14.5 Å². The van der Waals surface area contributed by atoms with Crippen LogP contribution in [0.3, 0.4) is 0 Å². The summed E-state index contributed by atoms with van der Waals surface area (Å²) in [5.41, 5.74) is 7.61. The minimum Gasteiger partial charge on any atom is -0.399 e. The van der Waals surface area contributed by atoms with E-state index in [1.54, 1.807) is 31.2 Å². The van der Waals surface area contributed by atoms with E-state index in [0.29, 0.717) is 22.4 Å². The molecule has 0 saturated heterocycles. The number of aryl methyl sites for hydroxylation is 1. The van der Waals surface area contributed by atoms with Crippen LogP contribution in [-0.4, -0.2) is 0 Å². The number of benzene rings is 2. The van der Waals surface area contributed by atoms with Crippen molar-refractivity contribution in [1.82, 2.24) is 0 Å². The van der Waals surface area contributed by atoms with Gasteiger partial charge in [0.1, 0.15) is 11.6 Å². The van der Waals surface area contributed by atoms with Gasteiger partial charge in [-0.15, -0.1) is 0 Å². The van der Waals surface area contributed by atoms with Crippen molar-refractivity contribution in [1.29, 1.82) is 0 Å². The summed E-state index contributed by atoms with van der Waals surface area (Å²) in [6.07, 6.45) is 0. The van der Waals surface area contributed by atoms with Gasteiger partial charge in [-0.25, -0.2) is 8.78 Å². The average Bonchev–Trinajstić information content (AvgIpc) is 2.23. The number of nitrogen functional groups attached to an aromatic ring is 1. The lowest BCUT2D eigenvalue weighted by atomic mass is 10.0. The summed E-state index contributed by atoms with van der Waals surface area (Å²) in [6.45, 7) is 1.60. The lowest BCUT2D eigenvalue weighted by molar-refractivity contribution is 0.579. The predicted octanol–water partition coefficient (Wildman–Crippen LogP) is 3.52. The van der Waals surface area contributed by atoms with E-state index in [-0.39, 0.29) is 0 Å². The van der Waals surface area contributed by atoms with Crippen LogP contribution in [-0.2, 0) is 0 Å². The first-order valence-corrected chi connectivity index (χ1v) is 4.89. The smallest absolute Gasteiger partial charge is 0.133 e. The molecule has 0 aliphatic carbocycles. The molecule has 0 saturated carbocycles. The minimum absolute atomic E-state index is 0.367. The quantitative estimate of drug-likeness (QED) is 0.729. The zero-order chi connectivity index (χ0) is 11.7. The second-order valence-corrected chi connectivity index (χ2v) is 3.71. The molecule has 0 unspecified atom stereocenters. The molecule has 2 rings (SSSR count). The molecule has 3 heteroatoms. The van der Waals surface area contributed by atoms with Gasteiger partial charge in [-0.3, -0.25) is 0 Å². The maximum atomic E-state index is 13.6. The van der Waals surface area contributed by atoms with E-state index < -0.39 is 11.6 Å². The molecule has 0 heterocycles. The highest BCUT2D eigenvalue weighted by molar-refractivity contribution is 5.68. The van der Waals surface area contributed by atoms with E-state index in [9.17, 15) is 8.78 Å². The van der Waals surface area contributed by atoms with Gasteiger partial charge in [-0.1, -0.05) is 12.1 Å². The van der Waals surface area contributed by atoms with E-state index in [1.807, 2.05) is 0 Å². The Labute approximate surface area is 92.5 Å². The van der Waals surface area contributed by atoms with Crippen LogP contribution in [0, 0.1) is 18.6 Å². The molecule has 0 aliphatic rings. The Balaban J connectivity index is 2.60. The van der Waals surface area contributed by atoms with Gasteiger partial charge in [0.05, 0.1) is 0 Å². The van der Waals surface area contributed by atoms with Crippen LogP contribution >= 0.6 is 0 Å². The average molecular weight is 219 g/mol. The molecular formula is C13H11F2N. The van der Waals surface area contributed by atoms with Crippen molar-refractivity contribution >= 4 is 5.69 Å². The van der Waals surface area contributed by atoms with Gasteiger partial charge in [-0.2, -0.15) is 0 Å². The van der Waals surface area contributed by atoms with Gasteiger partial charge in [0, 0.05) is 17.3 Å². The fourth-order valence-corrected chi connectivity index (χ4v) is 1.58. The number of hydrogen-bond donors (Lipinski definition) is 1. The fraction of sp³-hybridized carbons (Fsp3) is 0.0769. The standard InChI is InChI=1S/C13H11F2N/c1-8-5-11(13(15)7-12(8)14)9-3-2-4-10(16)6-9/h2-7H,16H2,1H3. The largest absolute Gasteiger partial charge is 0.399 e. The van der Waals surface area contributed by atoms with Crippen LogP contribution in [0.2, 0.25) is 0 Å². The van der Waals surface area contributed by atoms with Gasteiger partial charge in [0.25, 0.3) is 0 Å². The summed E-state index contributed by atoms with van der Waals surface area (Å²) in [5, 5.41) is 0. The number of nitrogens with two attached hydrogens (primary N) is 1. The normalized spacial score (nSPS) is 10.4. The summed E-state index contributed by atoms with van der Waals surface area (Å²) in [6, 6.07) is 9.25. The molecular weight excluding hydrogens is 208 g/mol. The molecule has 16 heavy (non-hydrogen) atoms. The fourth-order valence-electron chi connectivity index (χ4n) is 1.58. The second kappa shape index (κ2) is 3.93. The zero-order valence-electron chi connectivity index (χ0n) is 8.80. The third-order valence-corrected chi connectivity index (χ3v) is 2.45. The minimum atomic E-state index is -0.575. The number of halogens is 2. The van der Waals surface area contributed by atoms with Crippen molar-refractivity contribution in [3.63, 3.8) is 0 Å². The van der Waals surface area contributed by atoms with E-state index in [1.165, 1.54) is 6.07 Å². The highest BCUT2D eigenvalue weighted by Gasteiger charge is 2.09. The molecule has 0 aliphatic heterocycles. The van der Waals surface area contributed by atoms with Crippen molar-refractivity contribution in [2.45, 2.75) is 6.92 Å². The Bertz CT molecular complexity index is 535. The number of rotatable bonds is 1. The van der Waals surface area contributed by atoms with E-state index in [4.69, 9.17) is 5.73 Å². The summed E-state index contributed by atoms with van der Waals surface area (Å²) >= 11 is 0. The van der Waals surface area contributed by atoms with Crippen molar-refractivity contribution in [2.75, 3.05) is 5.73 Å². The van der Waals surface area contributed by atoms with E-state index >= 15 is 0 Å². The molecule has 2 aromatic carbocycles. The summed E-state index contributed by atoms with van der Waals surface area (Å²) in [5.74, 6) is -1.11. The Hall–Kier alpha value is -1.90. The first kappa shape index (κ1) is 10.6. The molecule has 0 bridgehead atoms. The van der Waals surface area contributed by atoms with Gasteiger partial charge in [0.2, 0.25) is 0 Å². The number of hydrogen-bond acceptors (Lipinski definition) is 1. The molecule has 0 fully saturated rings. The molecule has 0 amide bonds. The van der Waals surface area contributed by atoms with E-state index in [2.05, 4.69) is 0 Å². The van der Waals surface area contributed by atoms with Crippen LogP contribution in [0.5, 0.6) is 0 Å². The summed E-state index contributed by atoms with van der Waals surface area (Å²) in [4.78, 5) is 0. The highest BCUT2D eigenvalue weighted by atomic mass is 19.1. The molecule has 82 valence electrons. The highest BCUT2D eigenvalue weighted by Crippen LogP contribution is 2.26. The SMILES string of the molecule is Cc1cc(-c2cccc(N)c2)c(F)cc1F. The van der Waals surface area contributed by atoms with Gasteiger partial charge in [-0.05, 0) is 36.2 Å². The zero-order valence-corrected chi connectivity index (χ0v) is 8.80. The summed E-state index contributed by atoms with van der Waals surface area (Å²) < 4.78 is 26.7. The lowest BCUT2D eigenvalue weighted by Crippen LogP contribution is -1.91. The van der Waals surface area contributed by atoms with Crippen LogP contribution < -0.4 is 5.73 Å². The van der Waals surface area contributed by atoms with Crippen molar-refractivity contribution in [3.05, 3.63) is 53.6 Å². The van der Waals surface area contributed by atoms with Crippen LogP contribution in [0.15, 0.2) is 36.4 Å². The van der Waals surface area contributed by atoms with Gasteiger partial charge >= 0.3 is 0 Å². The predicted molar refractivity (Wildman–Crippen MR) is 60.9 cm³/mol. The maximum absolute atomic E-state index is 13.6. The monoisotopic (exact) mass is 219 g/mol. The molecule has 1 nitrogen and oxygen atoms in total. The molecule has 0 spiro atoms. The van der Waals surface area contributed by atoms with Crippen LogP contribution in [0.1, 0.15) is 5.56 Å². The molecule has 0 atom stereocenters. The molecule has 0 radical (unpaired) electrons. The Kier molecular flexibility index (Phi) is 2.60. The third-order valence-electron chi connectivity index (χ3n) is 2.45. The lowest BCUT2D eigenvalue weighted by Gasteiger charge is -2.06. The van der Waals surface area contributed by atoms with Crippen LogP contribution in [0.25, 0.3) is 11.1 Å². The first-order valence-electron chi connectivity index (χ1n) is 4.89. The first-order chi connectivity index (χ1) is 7.58. The topological polar surface area (TPSA) is 26.0 Å². The Morgan fingerprint density at radius 3 is 2.44 bits per heavy atom. The Morgan fingerprint density at radius 2 is 1.75 bits per heavy atom. The number of anilines is 1. The van der Waals surface area contributed by atoms with Gasteiger partial charge < -0.3 is 5.73 Å².